The van der Waals surface area contributed by atoms with Crippen LogP contribution in [0.25, 0.3) is 0 Å². The van der Waals surface area contributed by atoms with Crippen molar-refractivity contribution in [2.75, 3.05) is 27.9 Å². The van der Waals surface area contributed by atoms with Crippen molar-refractivity contribution in [3.05, 3.63) is 47.5 Å². The molecule has 2 aromatic rings. The van der Waals surface area contributed by atoms with Gasteiger partial charge in [0.1, 0.15) is 5.75 Å². The van der Waals surface area contributed by atoms with Gasteiger partial charge < -0.3 is 24.3 Å². The Morgan fingerprint density at radius 2 is 1.64 bits per heavy atom. The predicted molar refractivity (Wildman–Crippen MR) is 99.0 cm³/mol. The number of ether oxygens (including phenoxy) is 4. The van der Waals surface area contributed by atoms with Gasteiger partial charge in [-0.3, -0.25) is 0 Å². The van der Waals surface area contributed by atoms with E-state index in [-0.39, 0.29) is 6.04 Å². The highest BCUT2D eigenvalue weighted by Crippen LogP contribution is 2.38. The van der Waals surface area contributed by atoms with Gasteiger partial charge in [0.15, 0.2) is 11.5 Å². The predicted octanol–water partition coefficient (Wildman–Crippen LogP) is 3.96. The van der Waals surface area contributed by atoms with Crippen molar-refractivity contribution in [3.8, 4) is 23.0 Å². The average molecular weight is 345 g/mol. The summed E-state index contributed by atoms with van der Waals surface area (Å²) in [6.07, 6.45) is 0. The molecule has 0 aromatic heterocycles. The second kappa shape index (κ2) is 9.18. The number of nitrogens with one attached hydrogen (secondary N) is 1. The molecule has 0 saturated carbocycles. The molecule has 0 bridgehead atoms. The van der Waals surface area contributed by atoms with Gasteiger partial charge in [-0.15, -0.1) is 0 Å². The van der Waals surface area contributed by atoms with Gasteiger partial charge in [-0.1, -0.05) is 12.1 Å². The van der Waals surface area contributed by atoms with Crippen LogP contribution in [0.15, 0.2) is 36.4 Å². The SMILES string of the molecule is CCOc1cccc([C@H](C)NCc2cc(OC)c(OC)c(OC)c2)c1. The Balaban J connectivity index is 2.11. The average Bonchev–Trinajstić information content (AvgIpc) is 2.65. The summed E-state index contributed by atoms with van der Waals surface area (Å²) in [5.74, 6) is 2.81. The van der Waals surface area contributed by atoms with Crippen LogP contribution in [-0.2, 0) is 6.54 Å². The first-order valence-electron chi connectivity index (χ1n) is 8.37. The van der Waals surface area contributed by atoms with Crippen LogP contribution in [0.5, 0.6) is 23.0 Å². The van der Waals surface area contributed by atoms with Gasteiger partial charge in [0, 0.05) is 12.6 Å². The zero-order chi connectivity index (χ0) is 18.2. The van der Waals surface area contributed by atoms with E-state index in [9.17, 15) is 0 Å². The molecule has 25 heavy (non-hydrogen) atoms. The minimum Gasteiger partial charge on any atom is -0.494 e. The lowest BCUT2D eigenvalue weighted by molar-refractivity contribution is 0.323. The molecule has 0 aliphatic heterocycles. The molecule has 0 heterocycles. The third-order valence-electron chi connectivity index (χ3n) is 4.01. The van der Waals surface area contributed by atoms with Crippen molar-refractivity contribution in [1.82, 2.24) is 5.32 Å². The Morgan fingerprint density at radius 1 is 0.960 bits per heavy atom. The van der Waals surface area contributed by atoms with Crippen molar-refractivity contribution in [2.24, 2.45) is 0 Å². The van der Waals surface area contributed by atoms with Crippen molar-refractivity contribution < 1.29 is 18.9 Å². The smallest absolute Gasteiger partial charge is 0.203 e. The van der Waals surface area contributed by atoms with Crippen LogP contribution in [0, 0.1) is 0 Å². The van der Waals surface area contributed by atoms with Crippen molar-refractivity contribution in [3.63, 3.8) is 0 Å². The van der Waals surface area contributed by atoms with Crippen LogP contribution < -0.4 is 24.3 Å². The minimum absolute atomic E-state index is 0.180. The van der Waals surface area contributed by atoms with Gasteiger partial charge in [0.25, 0.3) is 0 Å². The van der Waals surface area contributed by atoms with E-state index in [0.29, 0.717) is 30.4 Å². The summed E-state index contributed by atoms with van der Waals surface area (Å²) in [4.78, 5) is 0. The number of methoxy groups -OCH3 is 3. The maximum Gasteiger partial charge on any atom is 0.203 e. The first kappa shape index (κ1) is 18.9. The molecule has 0 saturated heterocycles. The molecule has 2 rings (SSSR count). The molecule has 0 unspecified atom stereocenters. The summed E-state index contributed by atoms with van der Waals surface area (Å²) in [5, 5.41) is 3.52. The van der Waals surface area contributed by atoms with Crippen molar-refractivity contribution in [1.29, 1.82) is 0 Å². The fraction of sp³-hybridized carbons (Fsp3) is 0.400. The summed E-state index contributed by atoms with van der Waals surface area (Å²) >= 11 is 0. The fourth-order valence-corrected chi connectivity index (χ4v) is 2.67. The number of rotatable bonds is 9. The molecule has 2 aromatic carbocycles. The highest BCUT2D eigenvalue weighted by molar-refractivity contribution is 5.53. The minimum atomic E-state index is 0.180. The van der Waals surface area contributed by atoms with Gasteiger partial charge in [-0.05, 0) is 49.2 Å². The van der Waals surface area contributed by atoms with Gasteiger partial charge in [-0.2, -0.15) is 0 Å². The van der Waals surface area contributed by atoms with E-state index in [1.165, 1.54) is 5.56 Å². The fourth-order valence-electron chi connectivity index (χ4n) is 2.67. The maximum absolute atomic E-state index is 5.57. The van der Waals surface area contributed by atoms with Gasteiger partial charge in [0.05, 0.1) is 27.9 Å². The Morgan fingerprint density at radius 3 is 2.20 bits per heavy atom. The van der Waals surface area contributed by atoms with E-state index >= 15 is 0 Å². The second-order valence-electron chi connectivity index (χ2n) is 5.64. The van der Waals surface area contributed by atoms with Crippen LogP contribution in [0.2, 0.25) is 0 Å². The monoisotopic (exact) mass is 345 g/mol. The van der Waals surface area contributed by atoms with E-state index in [0.717, 1.165) is 11.3 Å². The van der Waals surface area contributed by atoms with E-state index in [1.807, 2.05) is 31.2 Å². The normalized spacial score (nSPS) is 11.7. The molecule has 0 amide bonds. The van der Waals surface area contributed by atoms with Gasteiger partial charge in [-0.25, -0.2) is 0 Å². The van der Waals surface area contributed by atoms with E-state index in [4.69, 9.17) is 18.9 Å². The quantitative estimate of drug-likeness (QED) is 0.745. The number of hydrogen-bond donors (Lipinski definition) is 1. The van der Waals surface area contributed by atoms with Crippen LogP contribution in [0.4, 0.5) is 0 Å². The molecular weight excluding hydrogens is 318 g/mol. The lowest BCUT2D eigenvalue weighted by Crippen LogP contribution is -2.18. The largest absolute Gasteiger partial charge is 0.494 e. The molecule has 1 atom stereocenters. The van der Waals surface area contributed by atoms with E-state index in [1.54, 1.807) is 21.3 Å². The lowest BCUT2D eigenvalue weighted by atomic mass is 10.1. The molecule has 0 fully saturated rings. The Labute approximate surface area is 149 Å². The summed E-state index contributed by atoms with van der Waals surface area (Å²) < 4.78 is 21.7. The Hall–Kier alpha value is -2.40. The third-order valence-corrected chi connectivity index (χ3v) is 4.01. The molecule has 0 aliphatic rings. The first-order valence-corrected chi connectivity index (χ1v) is 8.37. The van der Waals surface area contributed by atoms with Crippen LogP contribution >= 0.6 is 0 Å². The summed E-state index contributed by atoms with van der Waals surface area (Å²) in [7, 11) is 4.85. The number of hydrogen-bond acceptors (Lipinski definition) is 5. The van der Waals surface area contributed by atoms with Crippen molar-refractivity contribution in [2.45, 2.75) is 26.4 Å². The highest BCUT2D eigenvalue weighted by atomic mass is 16.5. The third kappa shape index (κ3) is 4.79. The summed E-state index contributed by atoms with van der Waals surface area (Å²) in [6.45, 7) is 5.45. The highest BCUT2D eigenvalue weighted by Gasteiger charge is 2.14. The van der Waals surface area contributed by atoms with Gasteiger partial charge in [0.2, 0.25) is 5.75 Å². The molecule has 5 nitrogen and oxygen atoms in total. The van der Waals surface area contributed by atoms with Crippen LogP contribution in [0.1, 0.15) is 31.0 Å². The summed E-state index contributed by atoms with van der Waals surface area (Å²) in [6, 6.07) is 12.2. The molecule has 1 N–H and O–H groups in total. The second-order valence-corrected chi connectivity index (χ2v) is 5.64. The Kier molecular flexibility index (Phi) is 6.95. The number of benzene rings is 2. The zero-order valence-corrected chi connectivity index (χ0v) is 15.6. The lowest BCUT2D eigenvalue weighted by Gasteiger charge is -2.17. The molecule has 136 valence electrons. The standard InChI is InChI=1S/C20H27NO4/c1-6-25-17-9-7-8-16(12-17)14(2)21-13-15-10-18(22-3)20(24-5)19(11-15)23-4/h7-12,14,21H,6,13H2,1-5H3/t14-/m0/s1. The summed E-state index contributed by atoms with van der Waals surface area (Å²) in [5.41, 5.74) is 2.24. The van der Waals surface area contributed by atoms with Gasteiger partial charge >= 0.3 is 0 Å². The first-order chi connectivity index (χ1) is 12.1. The molecule has 0 spiro atoms. The maximum atomic E-state index is 5.57. The molecule has 0 aliphatic carbocycles. The molecule has 5 heteroatoms. The topological polar surface area (TPSA) is 49.0 Å². The van der Waals surface area contributed by atoms with Crippen LogP contribution in [0.3, 0.4) is 0 Å². The molecular formula is C20H27NO4. The van der Waals surface area contributed by atoms with E-state index in [2.05, 4.69) is 24.4 Å². The Bertz CT molecular complexity index is 662. The molecule has 0 radical (unpaired) electrons. The van der Waals surface area contributed by atoms with Crippen molar-refractivity contribution >= 4 is 0 Å². The van der Waals surface area contributed by atoms with E-state index < -0.39 is 0 Å². The van der Waals surface area contributed by atoms with Crippen LogP contribution in [-0.4, -0.2) is 27.9 Å². The zero-order valence-electron chi connectivity index (χ0n) is 15.6.